The van der Waals surface area contributed by atoms with Crippen molar-refractivity contribution in [1.29, 1.82) is 0 Å². The summed E-state index contributed by atoms with van der Waals surface area (Å²) in [6, 6.07) is 13.2. The smallest absolute Gasteiger partial charge is 0.246 e. The minimum absolute atomic E-state index is 0.0965. The molecule has 1 aliphatic rings. The normalized spacial score (nSPS) is 15.4. The number of carbonyl (C=O) groups is 1. The summed E-state index contributed by atoms with van der Waals surface area (Å²) in [5.74, 6) is -0.0965. The van der Waals surface area contributed by atoms with Gasteiger partial charge in [0.2, 0.25) is 5.91 Å². The van der Waals surface area contributed by atoms with Crippen LogP contribution < -0.4 is 15.5 Å². The van der Waals surface area contributed by atoms with Gasteiger partial charge < -0.3 is 20.3 Å². The van der Waals surface area contributed by atoms with Crippen LogP contribution in [0.25, 0.3) is 0 Å². The zero-order valence-corrected chi connectivity index (χ0v) is 15.8. The van der Waals surface area contributed by atoms with E-state index in [4.69, 9.17) is 16.3 Å². The molecule has 26 heavy (non-hydrogen) atoms. The second kappa shape index (κ2) is 8.43. The first-order valence-corrected chi connectivity index (χ1v) is 9.17. The molecule has 1 saturated heterocycles. The summed E-state index contributed by atoms with van der Waals surface area (Å²) in [7, 11) is 0. The standard InChI is InChI=1S/C20H24ClN3O2/c1-14-3-4-17(13-19(14)21)22-15(2)20(25)23-16-5-7-18(8-6-16)24-9-11-26-12-10-24/h3-8,13,15,22H,9-12H2,1-2H3,(H,23,25)/t15-/m1/s1. The Morgan fingerprint density at radius 2 is 1.77 bits per heavy atom. The van der Waals surface area contributed by atoms with Crippen LogP contribution in [0.3, 0.4) is 0 Å². The number of hydrogen-bond donors (Lipinski definition) is 2. The van der Waals surface area contributed by atoms with E-state index < -0.39 is 0 Å². The van der Waals surface area contributed by atoms with E-state index in [9.17, 15) is 4.79 Å². The second-order valence-electron chi connectivity index (χ2n) is 6.47. The molecule has 1 heterocycles. The quantitative estimate of drug-likeness (QED) is 0.834. The van der Waals surface area contributed by atoms with Crippen LogP contribution in [0.1, 0.15) is 12.5 Å². The van der Waals surface area contributed by atoms with Crippen molar-refractivity contribution in [2.24, 2.45) is 0 Å². The Labute approximate surface area is 159 Å². The minimum atomic E-state index is -0.382. The van der Waals surface area contributed by atoms with Gasteiger partial charge in [-0.2, -0.15) is 0 Å². The Balaban J connectivity index is 1.57. The van der Waals surface area contributed by atoms with Crippen LogP contribution in [0.5, 0.6) is 0 Å². The van der Waals surface area contributed by atoms with Gasteiger partial charge in [0.05, 0.1) is 13.2 Å². The molecule has 3 rings (SSSR count). The van der Waals surface area contributed by atoms with Crippen LogP contribution in [0.15, 0.2) is 42.5 Å². The van der Waals surface area contributed by atoms with Gasteiger partial charge >= 0.3 is 0 Å². The van der Waals surface area contributed by atoms with Gasteiger partial charge in [-0.25, -0.2) is 0 Å². The SMILES string of the molecule is Cc1ccc(N[C@H](C)C(=O)Nc2ccc(N3CCOCC3)cc2)cc1Cl. The highest BCUT2D eigenvalue weighted by atomic mass is 35.5. The van der Waals surface area contributed by atoms with Gasteiger partial charge in [-0.1, -0.05) is 17.7 Å². The van der Waals surface area contributed by atoms with Crippen LogP contribution in [0.4, 0.5) is 17.1 Å². The molecule has 0 saturated carbocycles. The molecular weight excluding hydrogens is 350 g/mol. The molecule has 0 spiro atoms. The van der Waals surface area contributed by atoms with Crippen molar-refractivity contribution in [2.45, 2.75) is 19.9 Å². The Morgan fingerprint density at radius 1 is 1.12 bits per heavy atom. The molecule has 5 nitrogen and oxygen atoms in total. The molecule has 1 atom stereocenters. The van der Waals surface area contributed by atoms with E-state index in [1.807, 2.05) is 56.3 Å². The molecule has 0 aromatic heterocycles. The molecule has 0 bridgehead atoms. The number of anilines is 3. The number of carbonyl (C=O) groups excluding carboxylic acids is 1. The lowest BCUT2D eigenvalue weighted by Gasteiger charge is -2.29. The lowest BCUT2D eigenvalue weighted by molar-refractivity contribution is -0.116. The number of rotatable bonds is 5. The third-order valence-electron chi connectivity index (χ3n) is 4.46. The number of halogens is 1. The van der Waals surface area contributed by atoms with Gasteiger partial charge in [0.15, 0.2) is 0 Å². The molecule has 138 valence electrons. The van der Waals surface area contributed by atoms with E-state index >= 15 is 0 Å². The topological polar surface area (TPSA) is 53.6 Å². The van der Waals surface area contributed by atoms with Gasteiger partial charge in [0, 0.05) is 35.2 Å². The van der Waals surface area contributed by atoms with Gasteiger partial charge in [0.25, 0.3) is 0 Å². The number of hydrogen-bond acceptors (Lipinski definition) is 4. The summed E-state index contributed by atoms with van der Waals surface area (Å²) in [5, 5.41) is 6.80. The van der Waals surface area contributed by atoms with Gasteiger partial charge in [0.1, 0.15) is 6.04 Å². The molecule has 6 heteroatoms. The van der Waals surface area contributed by atoms with E-state index in [1.54, 1.807) is 0 Å². The summed E-state index contributed by atoms with van der Waals surface area (Å²) in [4.78, 5) is 14.7. The Morgan fingerprint density at radius 3 is 2.42 bits per heavy atom. The highest BCUT2D eigenvalue weighted by molar-refractivity contribution is 6.31. The lowest BCUT2D eigenvalue weighted by atomic mass is 10.2. The molecule has 1 fully saturated rings. The lowest BCUT2D eigenvalue weighted by Crippen LogP contribution is -2.36. The summed E-state index contributed by atoms with van der Waals surface area (Å²) >= 11 is 6.13. The number of amides is 1. The molecule has 2 aromatic carbocycles. The predicted octanol–water partition coefficient (Wildman–Crippen LogP) is 3.92. The number of nitrogens with one attached hydrogen (secondary N) is 2. The molecule has 2 N–H and O–H groups in total. The van der Waals surface area contributed by atoms with Crippen LogP contribution >= 0.6 is 11.6 Å². The first-order chi connectivity index (χ1) is 12.5. The maximum absolute atomic E-state index is 12.4. The fourth-order valence-electron chi connectivity index (χ4n) is 2.83. The molecule has 0 aliphatic carbocycles. The first-order valence-electron chi connectivity index (χ1n) is 8.79. The Bertz CT molecular complexity index is 758. The van der Waals surface area contributed by atoms with E-state index in [2.05, 4.69) is 15.5 Å². The summed E-state index contributed by atoms with van der Waals surface area (Å²) in [6.07, 6.45) is 0. The number of morpholine rings is 1. The number of aryl methyl sites for hydroxylation is 1. The molecule has 0 unspecified atom stereocenters. The minimum Gasteiger partial charge on any atom is -0.378 e. The van der Waals surface area contributed by atoms with Gasteiger partial charge in [-0.3, -0.25) is 4.79 Å². The van der Waals surface area contributed by atoms with Crippen LogP contribution in [0.2, 0.25) is 5.02 Å². The monoisotopic (exact) mass is 373 g/mol. The van der Waals surface area contributed by atoms with Crippen molar-refractivity contribution in [3.05, 3.63) is 53.1 Å². The predicted molar refractivity (Wildman–Crippen MR) is 107 cm³/mol. The van der Waals surface area contributed by atoms with E-state index in [-0.39, 0.29) is 11.9 Å². The largest absolute Gasteiger partial charge is 0.378 e. The Kier molecular flexibility index (Phi) is 6.01. The fraction of sp³-hybridized carbons (Fsp3) is 0.350. The Hall–Kier alpha value is -2.24. The number of benzene rings is 2. The van der Waals surface area contributed by atoms with Crippen LogP contribution in [-0.2, 0) is 9.53 Å². The first kappa shape index (κ1) is 18.5. The fourth-order valence-corrected chi connectivity index (χ4v) is 3.01. The summed E-state index contributed by atoms with van der Waals surface area (Å²) in [6.45, 7) is 7.07. The van der Waals surface area contributed by atoms with Crippen molar-refractivity contribution >= 4 is 34.6 Å². The van der Waals surface area contributed by atoms with Crippen molar-refractivity contribution < 1.29 is 9.53 Å². The zero-order valence-electron chi connectivity index (χ0n) is 15.1. The molecule has 2 aromatic rings. The highest BCUT2D eigenvalue weighted by Gasteiger charge is 2.14. The van der Waals surface area contributed by atoms with Gasteiger partial charge in [-0.05, 0) is 55.8 Å². The zero-order chi connectivity index (χ0) is 18.5. The molecule has 1 aliphatic heterocycles. The molecular formula is C20H24ClN3O2. The number of ether oxygens (including phenoxy) is 1. The van der Waals surface area contributed by atoms with E-state index in [0.717, 1.165) is 48.9 Å². The highest BCUT2D eigenvalue weighted by Crippen LogP contribution is 2.21. The van der Waals surface area contributed by atoms with Crippen molar-refractivity contribution in [2.75, 3.05) is 41.8 Å². The molecule has 0 radical (unpaired) electrons. The summed E-state index contributed by atoms with van der Waals surface area (Å²) < 4.78 is 5.37. The van der Waals surface area contributed by atoms with Crippen LogP contribution in [0, 0.1) is 6.92 Å². The third-order valence-corrected chi connectivity index (χ3v) is 4.87. The van der Waals surface area contributed by atoms with Crippen molar-refractivity contribution in [1.82, 2.24) is 0 Å². The van der Waals surface area contributed by atoms with Crippen LogP contribution in [-0.4, -0.2) is 38.3 Å². The maximum atomic E-state index is 12.4. The summed E-state index contributed by atoms with van der Waals surface area (Å²) in [5.41, 5.74) is 3.76. The third kappa shape index (κ3) is 4.68. The van der Waals surface area contributed by atoms with E-state index in [0.29, 0.717) is 5.02 Å². The van der Waals surface area contributed by atoms with Crippen molar-refractivity contribution in [3.63, 3.8) is 0 Å². The average Bonchev–Trinajstić information content (AvgIpc) is 2.66. The van der Waals surface area contributed by atoms with E-state index in [1.165, 1.54) is 0 Å². The second-order valence-corrected chi connectivity index (χ2v) is 6.87. The van der Waals surface area contributed by atoms with Gasteiger partial charge in [-0.15, -0.1) is 0 Å². The van der Waals surface area contributed by atoms with Crippen molar-refractivity contribution in [3.8, 4) is 0 Å². The molecule has 1 amide bonds. The number of nitrogens with zero attached hydrogens (tertiary/aromatic N) is 1. The average molecular weight is 374 g/mol. The maximum Gasteiger partial charge on any atom is 0.246 e.